The molecule has 13 heteroatoms. The molecule has 1 aromatic carbocycles. The van der Waals surface area contributed by atoms with Crippen LogP contribution in [0, 0.1) is 5.41 Å². The molecule has 3 aromatic heterocycles. The molecule has 4 aliphatic carbocycles. The van der Waals surface area contributed by atoms with Crippen LogP contribution in [0.3, 0.4) is 0 Å². The summed E-state index contributed by atoms with van der Waals surface area (Å²) in [5.41, 5.74) is 1.64. The summed E-state index contributed by atoms with van der Waals surface area (Å²) in [4.78, 5) is 19.5. The van der Waals surface area contributed by atoms with E-state index >= 15 is 0 Å². The Balaban J connectivity index is 1.03. The van der Waals surface area contributed by atoms with Gasteiger partial charge in [0.15, 0.2) is 5.69 Å². The molecule has 0 radical (unpaired) electrons. The molecule has 0 unspecified atom stereocenters. The van der Waals surface area contributed by atoms with Crippen LogP contribution in [0.1, 0.15) is 79.1 Å². The van der Waals surface area contributed by atoms with Crippen LogP contribution in [0.25, 0.3) is 22.2 Å². The van der Waals surface area contributed by atoms with Gasteiger partial charge in [-0.25, -0.2) is 9.78 Å². The molecule has 0 atom stereocenters. The van der Waals surface area contributed by atoms with Crippen molar-refractivity contribution in [3.63, 3.8) is 0 Å². The fourth-order valence-corrected chi connectivity index (χ4v) is 7.20. The van der Waals surface area contributed by atoms with Gasteiger partial charge in [0, 0.05) is 46.3 Å². The number of alkyl halides is 2. The van der Waals surface area contributed by atoms with Crippen molar-refractivity contribution in [2.75, 3.05) is 6.61 Å². The Labute approximate surface area is 266 Å². The van der Waals surface area contributed by atoms with Gasteiger partial charge in [0.1, 0.15) is 23.0 Å². The number of nitrogens with zero attached hydrogens (tertiary/aromatic N) is 3. The first kappa shape index (κ1) is 30.1. The standard InChI is InChI=1S/C32H29Cl2F2N3O6/c33-21-13-37-14-22(34)26(21)27-20(28(45-39-27)17-1-2-17)15-43-32-8-5-31(6-9-32,7-10-32)16-42-18-3-4-23-19(11-18)25(44-30(35)36)12-24(38-23)29(40)41/h3-4,11-14,17,30H,1-2,5-10,15-16H2,(H,40,41). The van der Waals surface area contributed by atoms with Crippen LogP contribution in [0.4, 0.5) is 8.78 Å². The Morgan fingerprint density at radius 2 is 1.78 bits per heavy atom. The van der Waals surface area contributed by atoms with Crippen LogP contribution in [0.2, 0.25) is 10.0 Å². The molecule has 0 amide bonds. The fraction of sp³-hybridized carbons (Fsp3) is 0.438. The summed E-state index contributed by atoms with van der Waals surface area (Å²) in [5, 5.41) is 14.7. The van der Waals surface area contributed by atoms with Gasteiger partial charge in [-0.1, -0.05) is 28.4 Å². The lowest BCUT2D eigenvalue weighted by Gasteiger charge is -2.52. The highest BCUT2D eigenvalue weighted by molar-refractivity contribution is 6.38. The Hall–Kier alpha value is -3.54. The van der Waals surface area contributed by atoms with Gasteiger partial charge in [0.2, 0.25) is 0 Å². The smallest absolute Gasteiger partial charge is 0.387 e. The number of hydrogen-bond donors (Lipinski definition) is 1. The highest BCUT2D eigenvalue weighted by Gasteiger charge is 2.50. The lowest BCUT2D eigenvalue weighted by Crippen LogP contribution is -2.49. The summed E-state index contributed by atoms with van der Waals surface area (Å²) in [7, 11) is 0. The van der Waals surface area contributed by atoms with Crippen molar-refractivity contribution >= 4 is 40.1 Å². The number of aromatic carboxylic acids is 1. The van der Waals surface area contributed by atoms with Crippen LogP contribution in [0.5, 0.6) is 11.5 Å². The molecule has 0 spiro atoms. The first-order valence-corrected chi connectivity index (χ1v) is 15.6. The summed E-state index contributed by atoms with van der Waals surface area (Å²) >= 11 is 12.9. The monoisotopic (exact) mass is 659 g/mol. The van der Waals surface area contributed by atoms with Gasteiger partial charge in [-0.3, -0.25) is 4.98 Å². The van der Waals surface area contributed by atoms with Gasteiger partial charge in [-0.05, 0) is 69.6 Å². The van der Waals surface area contributed by atoms with Crippen LogP contribution >= 0.6 is 23.2 Å². The fourth-order valence-electron chi connectivity index (χ4n) is 6.65. The van der Waals surface area contributed by atoms with E-state index in [0.29, 0.717) is 46.2 Å². The van der Waals surface area contributed by atoms with E-state index < -0.39 is 12.6 Å². The van der Waals surface area contributed by atoms with E-state index in [1.807, 2.05) is 0 Å². The number of benzene rings is 1. The minimum Gasteiger partial charge on any atom is -0.493 e. The number of carboxylic acid groups (broad SMARTS) is 1. The number of ether oxygens (including phenoxy) is 3. The van der Waals surface area contributed by atoms with E-state index in [1.54, 1.807) is 30.6 Å². The largest absolute Gasteiger partial charge is 0.493 e. The van der Waals surface area contributed by atoms with Crippen molar-refractivity contribution in [2.24, 2.45) is 5.41 Å². The molecule has 0 aliphatic heterocycles. The van der Waals surface area contributed by atoms with Crippen LogP contribution < -0.4 is 9.47 Å². The molecule has 3 heterocycles. The van der Waals surface area contributed by atoms with E-state index in [1.165, 1.54) is 0 Å². The number of halogens is 4. The maximum atomic E-state index is 13.1. The highest BCUT2D eigenvalue weighted by atomic mass is 35.5. The molecule has 4 aromatic rings. The SMILES string of the molecule is O=C(O)c1cc(OC(F)F)c2cc(OCC34CCC(OCc5c(-c6c(Cl)cncc6Cl)noc5C5CC5)(CC3)CC4)ccc2n1. The molecule has 236 valence electrons. The Kier molecular flexibility index (Phi) is 7.82. The summed E-state index contributed by atoms with van der Waals surface area (Å²) < 4.78 is 49.5. The predicted octanol–water partition coefficient (Wildman–Crippen LogP) is 8.46. The molecular formula is C32H29Cl2F2N3O6. The number of rotatable bonds is 11. The van der Waals surface area contributed by atoms with E-state index in [2.05, 4.69) is 19.9 Å². The third kappa shape index (κ3) is 5.93. The quantitative estimate of drug-likeness (QED) is 0.169. The van der Waals surface area contributed by atoms with Gasteiger partial charge in [0.25, 0.3) is 0 Å². The minimum atomic E-state index is -3.12. The van der Waals surface area contributed by atoms with E-state index in [-0.39, 0.29) is 33.4 Å². The van der Waals surface area contributed by atoms with Crippen LogP contribution in [0.15, 0.2) is 41.2 Å². The second kappa shape index (κ2) is 11.7. The van der Waals surface area contributed by atoms with Crippen LogP contribution in [-0.2, 0) is 11.3 Å². The molecular weight excluding hydrogens is 631 g/mol. The number of carboxylic acids is 1. The molecule has 45 heavy (non-hydrogen) atoms. The third-order valence-corrected chi connectivity index (χ3v) is 10.0. The second-order valence-electron chi connectivity index (χ2n) is 12.3. The average molecular weight is 661 g/mol. The summed E-state index contributed by atoms with van der Waals surface area (Å²) in [6.45, 7) is -2.31. The maximum absolute atomic E-state index is 13.1. The molecule has 9 nitrogen and oxygen atoms in total. The van der Waals surface area contributed by atoms with Gasteiger partial charge in [-0.2, -0.15) is 8.78 Å². The zero-order chi connectivity index (χ0) is 31.3. The summed E-state index contributed by atoms with van der Waals surface area (Å²) in [5.74, 6) is 0.0416. The Morgan fingerprint density at radius 3 is 2.42 bits per heavy atom. The topological polar surface area (TPSA) is 117 Å². The Morgan fingerprint density at radius 1 is 1.07 bits per heavy atom. The lowest BCUT2D eigenvalue weighted by atomic mass is 9.59. The van der Waals surface area contributed by atoms with Crippen molar-refractivity contribution in [1.29, 1.82) is 0 Å². The summed E-state index contributed by atoms with van der Waals surface area (Å²) in [6, 6.07) is 5.78. The minimum absolute atomic E-state index is 0.0343. The third-order valence-electron chi connectivity index (χ3n) is 9.43. The highest BCUT2D eigenvalue weighted by Crippen LogP contribution is 2.55. The van der Waals surface area contributed by atoms with E-state index in [0.717, 1.165) is 68.8 Å². The van der Waals surface area contributed by atoms with Crippen molar-refractivity contribution < 1.29 is 37.4 Å². The number of fused-ring (bicyclic) bond motifs is 4. The molecule has 4 aliphatic rings. The van der Waals surface area contributed by atoms with Crippen LogP contribution in [-0.4, -0.2) is 45.0 Å². The van der Waals surface area contributed by atoms with Gasteiger partial charge in [-0.15, -0.1) is 0 Å². The number of hydrogen-bond acceptors (Lipinski definition) is 8. The first-order chi connectivity index (χ1) is 21.6. The van der Waals surface area contributed by atoms with Crippen molar-refractivity contribution in [2.45, 2.75) is 76.1 Å². The molecule has 0 saturated heterocycles. The first-order valence-electron chi connectivity index (χ1n) is 14.8. The van der Waals surface area contributed by atoms with Gasteiger partial charge in [0.05, 0.1) is 34.4 Å². The zero-order valence-electron chi connectivity index (χ0n) is 24.0. The molecule has 4 fully saturated rings. The normalized spacial score (nSPS) is 22.7. The number of pyridine rings is 2. The maximum Gasteiger partial charge on any atom is 0.387 e. The zero-order valence-corrected chi connectivity index (χ0v) is 25.5. The van der Waals surface area contributed by atoms with Crippen molar-refractivity contribution in [3.8, 4) is 22.8 Å². The van der Waals surface area contributed by atoms with Gasteiger partial charge < -0.3 is 23.8 Å². The van der Waals surface area contributed by atoms with Crippen molar-refractivity contribution in [1.82, 2.24) is 15.1 Å². The second-order valence-corrected chi connectivity index (χ2v) is 13.1. The lowest BCUT2D eigenvalue weighted by molar-refractivity contribution is -0.150. The molecule has 4 saturated carbocycles. The van der Waals surface area contributed by atoms with E-state index in [9.17, 15) is 18.7 Å². The number of carbonyl (C=O) groups is 1. The average Bonchev–Trinajstić information content (AvgIpc) is 3.79. The number of aromatic nitrogens is 3. The van der Waals surface area contributed by atoms with E-state index in [4.69, 9.17) is 37.2 Å². The Bertz CT molecular complexity index is 1730. The van der Waals surface area contributed by atoms with Gasteiger partial charge >= 0.3 is 12.6 Å². The van der Waals surface area contributed by atoms with Crippen molar-refractivity contribution in [3.05, 3.63) is 63.7 Å². The summed E-state index contributed by atoms with van der Waals surface area (Å²) in [6.07, 6.45) is 10.5. The molecule has 8 rings (SSSR count). The molecule has 1 N–H and O–H groups in total. The predicted molar refractivity (Wildman–Crippen MR) is 160 cm³/mol. The molecule has 2 bridgehead atoms.